The molecular formula is C15H20N2O2. The van der Waals surface area contributed by atoms with Crippen LogP contribution in [0.2, 0.25) is 0 Å². The van der Waals surface area contributed by atoms with Gasteiger partial charge in [0.15, 0.2) is 0 Å². The molecule has 2 atom stereocenters. The molecule has 0 saturated carbocycles. The van der Waals surface area contributed by atoms with E-state index in [0.717, 1.165) is 25.3 Å². The zero-order chi connectivity index (χ0) is 13.2. The Labute approximate surface area is 113 Å². The first-order valence-electron chi connectivity index (χ1n) is 6.94. The molecule has 1 amide bonds. The van der Waals surface area contributed by atoms with Gasteiger partial charge in [0.05, 0.1) is 6.26 Å². The van der Waals surface area contributed by atoms with E-state index in [0.29, 0.717) is 18.5 Å². The van der Waals surface area contributed by atoms with Gasteiger partial charge in [-0.1, -0.05) is 6.08 Å². The highest BCUT2D eigenvalue weighted by Crippen LogP contribution is 2.30. The number of likely N-dealkylation sites (tertiary alicyclic amines) is 1. The standard InChI is InChI=1S/C15H20N2O2/c1-16-11-13-7-6-12(10-15(16)18)17(13)8-2-4-14-5-3-9-19-14/h2-5,9,12-13H,6-8,10-11H2,1H3/b4-2+/t12-,13+/m1/s1. The first kappa shape index (κ1) is 12.5. The molecule has 0 aliphatic carbocycles. The van der Waals surface area contributed by atoms with Crippen LogP contribution in [0.15, 0.2) is 28.9 Å². The van der Waals surface area contributed by atoms with Gasteiger partial charge in [-0.3, -0.25) is 9.69 Å². The van der Waals surface area contributed by atoms with E-state index in [2.05, 4.69) is 11.0 Å². The number of carbonyl (C=O) groups is 1. The van der Waals surface area contributed by atoms with Crippen LogP contribution in [-0.2, 0) is 4.79 Å². The Kier molecular flexibility index (Phi) is 3.42. The van der Waals surface area contributed by atoms with Crippen molar-refractivity contribution in [3.05, 3.63) is 30.2 Å². The molecule has 2 aliphatic rings. The van der Waals surface area contributed by atoms with E-state index in [4.69, 9.17) is 4.42 Å². The van der Waals surface area contributed by atoms with Crippen LogP contribution in [0.5, 0.6) is 0 Å². The number of carbonyl (C=O) groups excluding carboxylic acids is 1. The van der Waals surface area contributed by atoms with Gasteiger partial charge in [-0.2, -0.15) is 0 Å². The Morgan fingerprint density at radius 1 is 1.42 bits per heavy atom. The molecule has 0 aromatic carbocycles. The van der Waals surface area contributed by atoms with Gasteiger partial charge in [0.2, 0.25) is 5.91 Å². The third-order valence-electron chi connectivity index (χ3n) is 4.23. The number of amides is 1. The lowest BCUT2D eigenvalue weighted by molar-refractivity contribution is -0.130. The van der Waals surface area contributed by atoms with Gasteiger partial charge < -0.3 is 9.32 Å². The molecule has 4 heteroatoms. The van der Waals surface area contributed by atoms with Crippen molar-refractivity contribution in [2.75, 3.05) is 20.1 Å². The number of rotatable bonds is 3. The molecule has 19 heavy (non-hydrogen) atoms. The minimum absolute atomic E-state index is 0.284. The smallest absolute Gasteiger partial charge is 0.223 e. The number of hydrogen-bond acceptors (Lipinski definition) is 3. The lowest BCUT2D eigenvalue weighted by atomic mass is 10.1. The summed E-state index contributed by atoms with van der Waals surface area (Å²) in [5.41, 5.74) is 0. The van der Waals surface area contributed by atoms with Gasteiger partial charge in [0.1, 0.15) is 5.76 Å². The largest absolute Gasteiger partial charge is 0.465 e. The summed E-state index contributed by atoms with van der Waals surface area (Å²) in [4.78, 5) is 16.2. The molecule has 102 valence electrons. The van der Waals surface area contributed by atoms with E-state index in [1.807, 2.05) is 30.2 Å². The van der Waals surface area contributed by atoms with Crippen LogP contribution in [0.4, 0.5) is 0 Å². The van der Waals surface area contributed by atoms with Gasteiger partial charge in [-0.25, -0.2) is 0 Å². The zero-order valence-electron chi connectivity index (χ0n) is 11.3. The number of likely N-dealkylation sites (N-methyl/N-ethyl adjacent to an activating group) is 1. The molecule has 0 unspecified atom stereocenters. The maximum Gasteiger partial charge on any atom is 0.223 e. The number of nitrogens with zero attached hydrogens (tertiary/aromatic N) is 2. The predicted octanol–water partition coefficient (Wildman–Crippen LogP) is 1.99. The molecule has 2 fully saturated rings. The second kappa shape index (κ2) is 5.21. The minimum Gasteiger partial charge on any atom is -0.465 e. The number of fused-ring (bicyclic) bond motifs is 2. The van der Waals surface area contributed by atoms with Gasteiger partial charge >= 0.3 is 0 Å². The van der Waals surface area contributed by atoms with Crippen LogP contribution in [0.1, 0.15) is 25.0 Å². The second-order valence-electron chi connectivity index (χ2n) is 5.48. The molecule has 1 aromatic rings. The van der Waals surface area contributed by atoms with Crippen molar-refractivity contribution in [1.29, 1.82) is 0 Å². The topological polar surface area (TPSA) is 36.7 Å². The van der Waals surface area contributed by atoms with Crippen molar-refractivity contribution in [2.45, 2.75) is 31.3 Å². The van der Waals surface area contributed by atoms with Gasteiger partial charge in [-0.15, -0.1) is 0 Å². The Balaban J connectivity index is 1.66. The molecular weight excluding hydrogens is 240 g/mol. The monoisotopic (exact) mass is 260 g/mol. The Hall–Kier alpha value is -1.55. The molecule has 2 saturated heterocycles. The van der Waals surface area contributed by atoms with Crippen LogP contribution in [-0.4, -0.2) is 47.9 Å². The van der Waals surface area contributed by atoms with Crippen LogP contribution < -0.4 is 0 Å². The minimum atomic E-state index is 0.284. The fourth-order valence-electron chi connectivity index (χ4n) is 3.18. The summed E-state index contributed by atoms with van der Waals surface area (Å²) in [6.45, 7) is 1.76. The van der Waals surface area contributed by atoms with E-state index < -0.39 is 0 Å². The Bertz CT molecular complexity index is 466. The lowest BCUT2D eigenvalue weighted by Gasteiger charge is -2.26. The highest BCUT2D eigenvalue weighted by molar-refractivity contribution is 5.77. The van der Waals surface area contributed by atoms with Crippen molar-refractivity contribution in [2.24, 2.45) is 0 Å². The van der Waals surface area contributed by atoms with Gasteiger partial charge in [-0.05, 0) is 31.1 Å². The van der Waals surface area contributed by atoms with Gasteiger partial charge in [0, 0.05) is 38.6 Å². The van der Waals surface area contributed by atoms with E-state index in [1.165, 1.54) is 6.42 Å². The fourth-order valence-corrected chi connectivity index (χ4v) is 3.18. The summed E-state index contributed by atoms with van der Waals surface area (Å²) in [6, 6.07) is 4.78. The van der Waals surface area contributed by atoms with E-state index in [-0.39, 0.29) is 5.91 Å². The maximum absolute atomic E-state index is 11.9. The van der Waals surface area contributed by atoms with E-state index in [1.54, 1.807) is 6.26 Å². The van der Waals surface area contributed by atoms with Crippen LogP contribution >= 0.6 is 0 Å². The van der Waals surface area contributed by atoms with E-state index in [9.17, 15) is 4.79 Å². The summed E-state index contributed by atoms with van der Waals surface area (Å²) < 4.78 is 5.28. The third-order valence-corrected chi connectivity index (χ3v) is 4.23. The van der Waals surface area contributed by atoms with Crippen molar-refractivity contribution in [3.63, 3.8) is 0 Å². The molecule has 2 aliphatic heterocycles. The molecule has 2 bridgehead atoms. The van der Waals surface area contributed by atoms with Gasteiger partial charge in [0.25, 0.3) is 0 Å². The highest BCUT2D eigenvalue weighted by Gasteiger charge is 2.38. The average molecular weight is 260 g/mol. The summed E-state index contributed by atoms with van der Waals surface area (Å²) >= 11 is 0. The number of hydrogen-bond donors (Lipinski definition) is 0. The molecule has 4 nitrogen and oxygen atoms in total. The highest BCUT2D eigenvalue weighted by atomic mass is 16.3. The van der Waals surface area contributed by atoms with E-state index >= 15 is 0 Å². The van der Waals surface area contributed by atoms with Crippen molar-refractivity contribution < 1.29 is 9.21 Å². The maximum atomic E-state index is 11.9. The molecule has 0 radical (unpaired) electrons. The van der Waals surface area contributed by atoms with Crippen LogP contribution in [0, 0.1) is 0 Å². The summed E-state index contributed by atoms with van der Waals surface area (Å²) in [7, 11) is 1.92. The predicted molar refractivity (Wildman–Crippen MR) is 73.5 cm³/mol. The second-order valence-corrected chi connectivity index (χ2v) is 5.48. The number of furan rings is 1. The van der Waals surface area contributed by atoms with Crippen LogP contribution in [0.3, 0.4) is 0 Å². The SMILES string of the molecule is CN1C[C@@H]2CC[C@H](CC1=O)N2C/C=C/c1ccco1. The fraction of sp³-hybridized carbons (Fsp3) is 0.533. The van der Waals surface area contributed by atoms with Crippen molar-refractivity contribution in [1.82, 2.24) is 9.80 Å². The molecule has 1 aromatic heterocycles. The zero-order valence-corrected chi connectivity index (χ0v) is 11.3. The van der Waals surface area contributed by atoms with Crippen molar-refractivity contribution >= 4 is 12.0 Å². The first-order valence-corrected chi connectivity index (χ1v) is 6.94. The Morgan fingerprint density at radius 3 is 3.05 bits per heavy atom. The molecule has 3 rings (SSSR count). The average Bonchev–Trinajstić information content (AvgIpc) is 2.99. The quantitative estimate of drug-likeness (QED) is 0.834. The van der Waals surface area contributed by atoms with Crippen molar-refractivity contribution in [3.8, 4) is 0 Å². The summed E-state index contributed by atoms with van der Waals surface area (Å²) in [5, 5.41) is 0. The Morgan fingerprint density at radius 2 is 2.26 bits per heavy atom. The molecule has 0 spiro atoms. The summed E-state index contributed by atoms with van der Waals surface area (Å²) in [5.74, 6) is 1.17. The lowest BCUT2D eigenvalue weighted by Crippen LogP contribution is -2.38. The molecule has 3 heterocycles. The third kappa shape index (κ3) is 2.59. The normalized spacial score (nSPS) is 28.3. The summed E-state index contributed by atoms with van der Waals surface area (Å²) in [6.07, 6.45) is 8.86. The first-order chi connectivity index (χ1) is 9.24. The molecule has 0 N–H and O–H groups in total. The van der Waals surface area contributed by atoms with Crippen LogP contribution in [0.25, 0.3) is 6.08 Å².